The number of hydrogen-bond acceptors (Lipinski definition) is 4. The molecule has 3 rings (SSSR count). The molecule has 1 aromatic rings. The lowest BCUT2D eigenvalue weighted by Crippen LogP contribution is -2.37. The van der Waals surface area contributed by atoms with Gasteiger partial charge in [-0.25, -0.2) is 4.98 Å². The van der Waals surface area contributed by atoms with Gasteiger partial charge in [-0.15, -0.1) is 0 Å². The van der Waals surface area contributed by atoms with Gasteiger partial charge in [0.15, 0.2) is 0 Å². The van der Waals surface area contributed by atoms with Gasteiger partial charge in [-0.2, -0.15) is 0 Å². The van der Waals surface area contributed by atoms with Crippen LogP contribution in [0.2, 0.25) is 0 Å². The molecule has 18 heavy (non-hydrogen) atoms. The summed E-state index contributed by atoms with van der Waals surface area (Å²) < 4.78 is 5.31. The van der Waals surface area contributed by atoms with Crippen LogP contribution in [-0.4, -0.2) is 43.2 Å². The molecule has 0 spiro atoms. The van der Waals surface area contributed by atoms with E-state index in [1.54, 1.807) is 6.07 Å². The second kappa shape index (κ2) is 4.94. The molecule has 0 bridgehead atoms. The predicted octanol–water partition coefficient (Wildman–Crippen LogP) is 0.810. The molecule has 5 heteroatoms. The molecule has 2 heterocycles. The number of ether oxygens (including phenoxy) is 1. The molecule has 1 aliphatic carbocycles. The molecular weight excluding hydrogens is 230 g/mol. The number of pyridine rings is 1. The molecule has 0 radical (unpaired) electrons. The van der Waals surface area contributed by atoms with E-state index in [2.05, 4.69) is 15.2 Å². The summed E-state index contributed by atoms with van der Waals surface area (Å²) in [5.41, 5.74) is 0.505. The van der Waals surface area contributed by atoms with Crippen molar-refractivity contribution in [3.8, 4) is 0 Å². The Balaban J connectivity index is 1.72. The van der Waals surface area contributed by atoms with Crippen LogP contribution < -0.4 is 10.2 Å². The van der Waals surface area contributed by atoms with Crippen LogP contribution in [0.4, 0.5) is 5.82 Å². The van der Waals surface area contributed by atoms with Gasteiger partial charge in [0.2, 0.25) is 0 Å². The Bertz CT molecular complexity index is 440. The Morgan fingerprint density at radius 1 is 1.33 bits per heavy atom. The van der Waals surface area contributed by atoms with Gasteiger partial charge in [-0.1, -0.05) is 6.07 Å². The Kier molecular flexibility index (Phi) is 3.15. The maximum Gasteiger partial charge on any atom is 0.270 e. The van der Waals surface area contributed by atoms with Crippen molar-refractivity contribution >= 4 is 11.7 Å². The van der Waals surface area contributed by atoms with E-state index in [0.717, 1.165) is 45.0 Å². The number of anilines is 1. The van der Waals surface area contributed by atoms with Crippen molar-refractivity contribution in [2.24, 2.45) is 0 Å². The van der Waals surface area contributed by atoms with Crippen molar-refractivity contribution < 1.29 is 9.53 Å². The predicted molar refractivity (Wildman–Crippen MR) is 67.8 cm³/mol. The van der Waals surface area contributed by atoms with Crippen LogP contribution in [0.3, 0.4) is 0 Å². The van der Waals surface area contributed by atoms with Gasteiger partial charge >= 0.3 is 0 Å². The number of amides is 1. The molecule has 1 N–H and O–H groups in total. The van der Waals surface area contributed by atoms with E-state index in [-0.39, 0.29) is 5.91 Å². The number of carbonyl (C=O) groups is 1. The van der Waals surface area contributed by atoms with E-state index < -0.39 is 0 Å². The molecule has 1 aromatic heterocycles. The average Bonchev–Trinajstić information content (AvgIpc) is 3.24. The van der Waals surface area contributed by atoms with Crippen molar-refractivity contribution in [2.75, 3.05) is 31.2 Å². The summed E-state index contributed by atoms with van der Waals surface area (Å²) in [4.78, 5) is 18.5. The number of rotatable bonds is 3. The molecule has 96 valence electrons. The monoisotopic (exact) mass is 247 g/mol. The topological polar surface area (TPSA) is 54.5 Å². The van der Waals surface area contributed by atoms with Crippen molar-refractivity contribution in [3.63, 3.8) is 0 Å². The van der Waals surface area contributed by atoms with Gasteiger partial charge in [0, 0.05) is 19.1 Å². The molecule has 1 saturated carbocycles. The van der Waals surface area contributed by atoms with Gasteiger partial charge in [0.1, 0.15) is 11.5 Å². The first-order chi connectivity index (χ1) is 8.83. The lowest BCUT2D eigenvalue weighted by atomic mass is 10.3. The van der Waals surface area contributed by atoms with Crippen molar-refractivity contribution in [2.45, 2.75) is 18.9 Å². The number of carbonyl (C=O) groups excluding carboxylic acids is 1. The van der Waals surface area contributed by atoms with Crippen molar-refractivity contribution in [1.29, 1.82) is 0 Å². The molecule has 1 aliphatic heterocycles. The maximum atomic E-state index is 11.9. The first kappa shape index (κ1) is 11.5. The van der Waals surface area contributed by atoms with Crippen LogP contribution in [0, 0.1) is 0 Å². The first-order valence-electron chi connectivity index (χ1n) is 6.43. The third kappa shape index (κ3) is 2.61. The highest BCUT2D eigenvalue weighted by Crippen LogP contribution is 2.19. The molecule has 1 saturated heterocycles. The van der Waals surface area contributed by atoms with Crippen LogP contribution in [0.5, 0.6) is 0 Å². The fraction of sp³-hybridized carbons (Fsp3) is 0.538. The van der Waals surface area contributed by atoms with Gasteiger partial charge in [-0.3, -0.25) is 4.79 Å². The average molecular weight is 247 g/mol. The highest BCUT2D eigenvalue weighted by molar-refractivity contribution is 5.93. The van der Waals surface area contributed by atoms with Crippen molar-refractivity contribution in [3.05, 3.63) is 23.9 Å². The quantitative estimate of drug-likeness (QED) is 0.859. The zero-order valence-corrected chi connectivity index (χ0v) is 10.3. The van der Waals surface area contributed by atoms with Crippen LogP contribution in [0.1, 0.15) is 23.3 Å². The van der Waals surface area contributed by atoms with E-state index in [1.165, 1.54) is 0 Å². The summed E-state index contributed by atoms with van der Waals surface area (Å²) in [6.07, 6.45) is 2.18. The summed E-state index contributed by atoms with van der Waals surface area (Å²) in [5.74, 6) is 0.800. The molecular formula is C13H17N3O2. The SMILES string of the molecule is O=C(NC1CC1)c1cccc(N2CCOCC2)n1. The third-order valence-corrected chi connectivity index (χ3v) is 3.21. The van der Waals surface area contributed by atoms with Crippen LogP contribution in [0.25, 0.3) is 0 Å². The minimum absolute atomic E-state index is 0.0624. The fourth-order valence-corrected chi connectivity index (χ4v) is 2.01. The van der Waals surface area contributed by atoms with Gasteiger partial charge < -0.3 is 15.0 Å². The molecule has 0 atom stereocenters. The molecule has 1 amide bonds. The smallest absolute Gasteiger partial charge is 0.270 e. The van der Waals surface area contributed by atoms with E-state index in [0.29, 0.717) is 11.7 Å². The second-order valence-electron chi connectivity index (χ2n) is 4.73. The normalized spacial score (nSPS) is 19.7. The highest BCUT2D eigenvalue weighted by atomic mass is 16.5. The van der Waals surface area contributed by atoms with Crippen LogP contribution >= 0.6 is 0 Å². The van der Waals surface area contributed by atoms with Crippen LogP contribution in [-0.2, 0) is 4.74 Å². The Labute approximate surface area is 106 Å². The van der Waals surface area contributed by atoms with Gasteiger partial charge in [-0.05, 0) is 25.0 Å². The molecule has 0 aromatic carbocycles. The Morgan fingerprint density at radius 2 is 2.11 bits per heavy atom. The Morgan fingerprint density at radius 3 is 2.83 bits per heavy atom. The highest BCUT2D eigenvalue weighted by Gasteiger charge is 2.24. The van der Waals surface area contributed by atoms with E-state index in [1.807, 2.05) is 12.1 Å². The zero-order valence-electron chi connectivity index (χ0n) is 10.3. The lowest BCUT2D eigenvalue weighted by molar-refractivity contribution is 0.0946. The maximum absolute atomic E-state index is 11.9. The summed E-state index contributed by atoms with van der Waals surface area (Å²) in [7, 11) is 0. The number of nitrogens with zero attached hydrogens (tertiary/aromatic N) is 2. The summed E-state index contributed by atoms with van der Waals surface area (Å²) >= 11 is 0. The number of aromatic nitrogens is 1. The van der Waals surface area contributed by atoms with E-state index >= 15 is 0 Å². The standard InChI is InChI=1S/C13H17N3O2/c17-13(14-10-4-5-10)11-2-1-3-12(15-11)16-6-8-18-9-7-16/h1-3,10H,4-9H2,(H,14,17). The minimum Gasteiger partial charge on any atom is -0.378 e. The zero-order chi connectivity index (χ0) is 12.4. The summed E-state index contributed by atoms with van der Waals surface area (Å²) in [6.45, 7) is 3.11. The molecule has 5 nitrogen and oxygen atoms in total. The number of morpholine rings is 1. The largest absolute Gasteiger partial charge is 0.378 e. The lowest BCUT2D eigenvalue weighted by Gasteiger charge is -2.27. The van der Waals surface area contributed by atoms with Gasteiger partial charge in [0.25, 0.3) is 5.91 Å². The third-order valence-electron chi connectivity index (χ3n) is 3.21. The number of hydrogen-bond donors (Lipinski definition) is 1. The minimum atomic E-state index is -0.0624. The molecule has 0 unspecified atom stereocenters. The second-order valence-corrected chi connectivity index (χ2v) is 4.73. The summed E-state index contributed by atoms with van der Waals surface area (Å²) in [5, 5.41) is 2.96. The van der Waals surface area contributed by atoms with E-state index in [4.69, 9.17) is 4.74 Å². The number of nitrogens with one attached hydrogen (secondary N) is 1. The first-order valence-corrected chi connectivity index (χ1v) is 6.43. The van der Waals surface area contributed by atoms with Crippen molar-refractivity contribution in [1.82, 2.24) is 10.3 Å². The molecule has 2 aliphatic rings. The van der Waals surface area contributed by atoms with Gasteiger partial charge in [0.05, 0.1) is 13.2 Å². The summed E-state index contributed by atoms with van der Waals surface area (Å²) in [6, 6.07) is 5.96. The van der Waals surface area contributed by atoms with E-state index in [9.17, 15) is 4.79 Å². The fourth-order valence-electron chi connectivity index (χ4n) is 2.01. The Hall–Kier alpha value is -1.62. The van der Waals surface area contributed by atoms with Crippen LogP contribution in [0.15, 0.2) is 18.2 Å². The molecule has 2 fully saturated rings.